The number of amides is 1. The summed E-state index contributed by atoms with van der Waals surface area (Å²) in [5, 5.41) is 3.48. The molecule has 1 heterocycles. The van der Waals surface area contributed by atoms with Crippen LogP contribution in [-0.4, -0.2) is 35.5 Å². The molecule has 0 aromatic rings. The van der Waals surface area contributed by atoms with Crippen molar-refractivity contribution in [2.75, 3.05) is 13.1 Å². The first-order valence-corrected chi connectivity index (χ1v) is 6.79. The lowest BCUT2D eigenvalue weighted by Crippen LogP contribution is -2.55. The molecule has 3 heteroatoms. The third-order valence-electron chi connectivity index (χ3n) is 3.92. The van der Waals surface area contributed by atoms with Gasteiger partial charge in [0, 0.05) is 12.6 Å². The van der Waals surface area contributed by atoms with Crippen molar-refractivity contribution >= 4 is 5.91 Å². The molecule has 1 aliphatic carbocycles. The van der Waals surface area contributed by atoms with E-state index in [1.807, 2.05) is 0 Å². The van der Waals surface area contributed by atoms with Crippen molar-refractivity contribution in [2.45, 2.75) is 64.0 Å². The van der Waals surface area contributed by atoms with E-state index in [9.17, 15) is 4.79 Å². The number of likely N-dealkylation sites (N-methyl/N-ethyl adjacent to an activating group) is 1. The van der Waals surface area contributed by atoms with Crippen LogP contribution in [0.15, 0.2) is 0 Å². The largest absolute Gasteiger partial charge is 0.338 e. The minimum absolute atomic E-state index is 0.215. The quantitative estimate of drug-likeness (QED) is 0.774. The van der Waals surface area contributed by atoms with Gasteiger partial charge in [0.2, 0.25) is 5.91 Å². The van der Waals surface area contributed by atoms with Crippen LogP contribution in [0.4, 0.5) is 0 Å². The highest BCUT2D eigenvalue weighted by atomic mass is 16.2. The van der Waals surface area contributed by atoms with Crippen LogP contribution in [0.25, 0.3) is 0 Å². The predicted octanol–water partition coefficient (Wildman–Crippen LogP) is 1.92. The summed E-state index contributed by atoms with van der Waals surface area (Å²) in [6.07, 6.45) is 6.68. The van der Waals surface area contributed by atoms with E-state index in [0.29, 0.717) is 11.9 Å². The third-order valence-corrected chi connectivity index (χ3v) is 3.92. The lowest BCUT2D eigenvalue weighted by atomic mass is 9.90. The molecule has 92 valence electrons. The summed E-state index contributed by atoms with van der Waals surface area (Å²) in [7, 11) is 0. The van der Waals surface area contributed by atoms with E-state index < -0.39 is 0 Å². The topological polar surface area (TPSA) is 32.3 Å². The molecule has 0 bridgehead atoms. The Bertz CT molecular complexity index is 255. The number of rotatable bonds is 5. The van der Waals surface area contributed by atoms with E-state index in [1.54, 1.807) is 0 Å². The van der Waals surface area contributed by atoms with Gasteiger partial charge in [0.05, 0.1) is 5.54 Å². The van der Waals surface area contributed by atoms with Gasteiger partial charge in [-0.15, -0.1) is 0 Å². The molecule has 0 aromatic heterocycles. The Hall–Kier alpha value is -0.570. The SMILES string of the molecule is CCCC1(C(=O)N(CC)C2CC2)CCCN1. The van der Waals surface area contributed by atoms with Gasteiger partial charge < -0.3 is 10.2 Å². The van der Waals surface area contributed by atoms with Gasteiger partial charge in [-0.3, -0.25) is 4.79 Å². The van der Waals surface area contributed by atoms with Crippen LogP contribution in [0, 0.1) is 0 Å². The van der Waals surface area contributed by atoms with E-state index >= 15 is 0 Å². The van der Waals surface area contributed by atoms with E-state index in [-0.39, 0.29) is 5.54 Å². The van der Waals surface area contributed by atoms with Crippen molar-refractivity contribution in [3.63, 3.8) is 0 Å². The highest BCUT2D eigenvalue weighted by Crippen LogP contribution is 2.33. The number of nitrogens with zero attached hydrogens (tertiary/aromatic N) is 1. The van der Waals surface area contributed by atoms with Crippen molar-refractivity contribution < 1.29 is 4.79 Å². The van der Waals surface area contributed by atoms with Crippen molar-refractivity contribution in [1.82, 2.24) is 10.2 Å². The summed E-state index contributed by atoms with van der Waals surface area (Å²) in [4.78, 5) is 14.7. The van der Waals surface area contributed by atoms with Crippen molar-refractivity contribution in [3.8, 4) is 0 Å². The Morgan fingerprint density at radius 3 is 2.62 bits per heavy atom. The third kappa shape index (κ3) is 2.10. The zero-order valence-electron chi connectivity index (χ0n) is 10.6. The average molecular weight is 224 g/mol. The lowest BCUT2D eigenvalue weighted by molar-refractivity contribution is -0.138. The molecule has 1 saturated heterocycles. The average Bonchev–Trinajstić information content (AvgIpc) is 2.99. The van der Waals surface area contributed by atoms with E-state index in [2.05, 4.69) is 24.1 Å². The second-order valence-corrected chi connectivity index (χ2v) is 5.18. The zero-order valence-corrected chi connectivity index (χ0v) is 10.6. The molecular formula is C13H24N2O. The second kappa shape index (κ2) is 4.74. The summed E-state index contributed by atoms with van der Waals surface area (Å²) in [6, 6.07) is 0.550. The smallest absolute Gasteiger partial charge is 0.243 e. The van der Waals surface area contributed by atoms with Gasteiger partial charge in [0.15, 0.2) is 0 Å². The molecule has 3 nitrogen and oxygen atoms in total. The van der Waals surface area contributed by atoms with Crippen LogP contribution in [-0.2, 0) is 4.79 Å². The van der Waals surface area contributed by atoms with Crippen LogP contribution in [0.1, 0.15) is 52.4 Å². The molecule has 1 aliphatic heterocycles. The second-order valence-electron chi connectivity index (χ2n) is 5.18. The van der Waals surface area contributed by atoms with Crippen molar-refractivity contribution in [3.05, 3.63) is 0 Å². The predicted molar refractivity (Wildman–Crippen MR) is 65.3 cm³/mol. The lowest BCUT2D eigenvalue weighted by Gasteiger charge is -2.34. The Labute approximate surface area is 98.6 Å². The Balaban J connectivity index is 2.09. The normalized spacial score (nSPS) is 29.4. The van der Waals surface area contributed by atoms with Crippen LogP contribution < -0.4 is 5.32 Å². The van der Waals surface area contributed by atoms with Gasteiger partial charge >= 0.3 is 0 Å². The molecule has 2 rings (SSSR count). The summed E-state index contributed by atoms with van der Waals surface area (Å²) in [5.74, 6) is 0.372. The molecule has 2 fully saturated rings. The summed E-state index contributed by atoms with van der Waals surface area (Å²) in [6.45, 7) is 6.15. The molecule has 16 heavy (non-hydrogen) atoms. The highest BCUT2D eigenvalue weighted by Gasteiger charge is 2.45. The van der Waals surface area contributed by atoms with Gasteiger partial charge in [0.25, 0.3) is 0 Å². The zero-order chi connectivity index (χ0) is 11.6. The number of hydrogen-bond acceptors (Lipinski definition) is 2. The maximum atomic E-state index is 12.6. The molecule has 0 aromatic carbocycles. The molecular weight excluding hydrogens is 200 g/mol. The fraction of sp³-hybridized carbons (Fsp3) is 0.923. The Morgan fingerprint density at radius 1 is 1.44 bits per heavy atom. The molecule has 0 radical (unpaired) electrons. The fourth-order valence-corrected chi connectivity index (χ4v) is 2.96. The van der Waals surface area contributed by atoms with Gasteiger partial charge in [0.1, 0.15) is 0 Å². The number of carbonyl (C=O) groups excluding carboxylic acids is 1. The first kappa shape index (κ1) is 11.9. The standard InChI is InChI=1S/C13H24N2O/c1-3-8-13(9-5-10-14-13)12(16)15(4-2)11-6-7-11/h11,14H,3-10H2,1-2H3. The molecule has 1 saturated carbocycles. The molecule has 2 aliphatic rings. The number of hydrogen-bond donors (Lipinski definition) is 1. The van der Waals surface area contributed by atoms with Crippen molar-refractivity contribution in [2.24, 2.45) is 0 Å². The molecule has 1 amide bonds. The Morgan fingerprint density at radius 2 is 2.19 bits per heavy atom. The number of nitrogens with one attached hydrogen (secondary N) is 1. The van der Waals surface area contributed by atoms with E-state index in [0.717, 1.165) is 38.8 Å². The summed E-state index contributed by atoms with van der Waals surface area (Å²) in [5.41, 5.74) is -0.215. The van der Waals surface area contributed by atoms with Crippen LogP contribution >= 0.6 is 0 Å². The van der Waals surface area contributed by atoms with Crippen molar-refractivity contribution in [1.29, 1.82) is 0 Å². The highest BCUT2D eigenvalue weighted by molar-refractivity contribution is 5.87. The van der Waals surface area contributed by atoms with Crippen LogP contribution in [0.3, 0.4) is 0 Å². The molecule has 1 N–H and O–H groups in total. The Kier molecular flexibility index (Phi) is 3.53. The summed E-state index contributed by atoms with van der Waals surface area (Å²) >= 11 is 0. The van der Waals surface area contributed by atoms with Gasteiger partial charge in [-0.1, -0.05) is 13.3 Å². The van der Waals surface area contributed by atoms with Gasteiger partial charge in [-0.05, 0) is 45.6 Å². The van der Waals surface area contributed by atoms with E-state index in [4.69, 9.17) is 0 Å². The minimum Gasteiger partial charge on any atom is -0.338 e. The summed E-state index contributed by atoms with van der Waals surface area (Å²) < 4.78 is 0. The van der Waals surface area contributed by atoms with Gasteiger partial charge in [-0.25, -0.2) is 0 Å². The monoisotopic (exact) mass is 224 g/mol. The van der Waals surface area contributed by atoms with Gasteiger partial charge in [-0.2, -0.15) is 0 Å². The molecule has 0 spiro atoms. The molecule has 1 atom stereocenters. The fourth-order valence-electron chi connectivity index (χ4n) is 2.96. The molecule has 1 unspecified atom stereocenters. The number of carbonyl (C=O) groups is 1. The first-order chi connectivity index (χ1) is 7.73. The minimum atomic E-state index is -0.215. The van der Waals surface area contributed by atoms with E-state index in [1.165, 1.54) is 12.8 Å². The first-order valence-electron chi connectivity index (χ1n) is 6.79. The maximum absolute atomic E-state index is 12.6. The van der Waals surface area contributed by atoms with Crippen LogP contribution in [0.5, 0.6) is 0 Å². The maximum Gasteiger partial charge on any atom is 0.243 e. The van der Waals surface area contributed by atoms with Crippen LogP contribution in [0.2, 0.25) is 0 Å².